The quantitative estimate of drug-likeness (QED) is 0.0721. The van der Waals surface area contributed by atoms with Crippen molar-refractivity contribution in [3.8, 4) is 0 Å². The van der Waals surface area contributed by atoms with Crippen molar-refractivity contribution in [2.75, 3.05) is 26.4 Å². The van der Waals surface area contributed by atoms with Crippen LogP contribution in [0.5, 0.6) is 0 Å². The first-order valence-electron chi connectivity index (χ1n) is 28.8. The number of aliphatic hydroxyl groups is 15. The second kappa shape index (κ2) is 24.1. The average Bonchev–Trinajstić information content (AvgIpc) is 3.37. The van der Waals surface area contributed by atoms with Crippen LogP contribution < -0.4 is 0 Å². The molecule has 5 aliphatic carbocycles. The van der Waals surface area contributed by atoms with E-state index in [2.05, 4.69) is 47.6 Å². The lowest BCUT2D eigenvalue weighted by Crippen LogP contribution is -2.65. The lowest BCUT2D eigenvalue weighted by molar-refractivity contribution is -0.380. The Balaban J connectivity index is 0.971. The highest BCUT2D eigenvalue weighted by atomic mass is 16.8. The van der Waals surface area contributed by atoms with Crippen molar-refractivity contribution in [3.63, 3.8) is 0 Å². The Morgan fingerprint density at radius 3 is 1.83 bits per heavy atom. The van der Waals surface area contributed by atoms with Gasteiger partial charge in [-0.05, 0) is 130 Å². The topological polar surface area (TPSA) is 368 Å². The van der Waals surface area contributed by atoms with Crippen LogP contribution in [0.4, 0.5) is 0 Å². The molecule has 0 bridgehead atoms. The Morgan fingerprint density at radius 1 is 0.628 bits per heavy atom. The maximum absolute atomic E-state index is 11.8. The second-order valence-electron chi connectivity index (χ2n) is 26.6. The van der Waals surface area contributed by atoms with Gasteiger partial charge in [-0.3, -0.25) is 0 Å². The van der Waals surface area contributed by atoms with Gasteiger partial charge in [-0.2, -0.15) is 0 Å². The molecule has 0 aromatic heterocycles. The number of aliphatic hydroxyl groups excluding tert-OH is 14. The van der Waals surface area contributed by atoms with E-state index in [1.165, 1.54) is 5.57 Å². The van der Waals surface area contributed by atoms with E-state index in [1.807, 2.05) is 0 Å². The molecule has 29 atom stereocenters. The zero-order chi connectivity index (χ0) is 57.4. The molecule has 3 saturated heterocycles. The Kier molecular flexibility index (Phi) is 19.4. The number of allylic oxidation sites excluding steroid dienone is 1. The molecule has 0 amide bonds. The number of hydrogen-bond donors (Lipinski definition) is 15. The third kappa shape index (κ3) is 11.3. The lowest BCUT2D eigenvalue weighted by atomic mass is 9.39. The third-order valence-electron chi connectivity index (χ3n) is 21.5. The molecular weight excluding hydrogens is 1020 g/mol. The van der Waals surface area contributed by atoms with Crippen molar-refractivity contribution in [1.82, 2.24) is 0 Å². The van der Waals surface area contributed by atoms with Crippen molar-refractivity contribution >= 4 is 0 Å². The van der Waals surface area contributed by atoms with Gasteiger partial charge in [-0.15, -0.1) is 0 Å². The van der Waals surface area contributed by atoms with Crippen LogP contribution in [-0.2, 0) is 33.2 Å². The maximum atomic E-state index is 11.8. The molecule has 0 aromatic rings. The minimum atomic E-state index is -1.90. The van der Waals surface area contributed by atoms with Gasteiger partial charge in [0.1, 0.15) is 85.5 Å². The first kappa shape index (κ1) is 62.9. The second-order valence-corrected chi connectivity index (χ2v) is 26.6. The van der Waals surface area contributed by atoms with Gasteiger partial charge in [-0.1, -0.05) is 53.2 Å². The zero-order valence-electron chi connectivity index (χ0n) is 46.8. The molecule has 0 radical (unpaired) electrons. The predicted octanol–water partition coefficient (Wildman–Crippen LogP) is -1.15. The summed E-state index contributed by atoms with van der Waals surface area (Å²) in [4.78, 5) is 0. The highest BCUT2D eigenvalue weighted by Gasteiger charge is 2.68. The molecule has 0 spiro atoms. The van der Waals surface area contributed by atoms with Gasteiger partial charge in [0, 0.05) is 12.0 Å². The number of rotatable bonds is 18. The maximum Gasteiger partial charge on any atom is 0.187 e. The summed E-state index contributed by atoms with van der Waals surface area (Å²) in [6.45, 7) is 15.0. The van der Waals surface area contributed by atoms with Crippen LogP contribution in [0.15, 0.2) is 11.6 Å². The van der Waals surface area contributed by atoms with Gasteiger partial charge >= 0.3 is 0 Å². The summed E-state index contributed by atoms with van der Waals surface area (Å²) < 4.78 is 42.4. The van der Waals surface area contributed by atoms with Crippen LogP contribution in [0, 0.1) is 51.2 Å². The number of ether oxygens (including phenoxy) is 7. The van der Waals surface area contributed by atoms with Crippen molar-refractivity contribution in [2.45, 2.75) is 260 Å². The molecule has 0 aromatic carbocycles. The van der Waals surface area contributed by atoms with Crippen LogP contribution in [0.25, 0.3) is 0 Å². The zero-order valence-corrected chi connectivity index (χ0v) is 46.8. The molecule has 78 heavy (non-hydrogen) atoms. The van der Waals surface area contributed by atoms with E-state index in [0.29, 0.717) is 43.4 Å². The normalized spacial score (nSPS) is 50.5. The van der Waals surface area contributed by atoms with Gasteiger partial charge in [-0.25, -0.2) is 0 Å². The van der Waals surface area contributed by atoms with E-state index in [9.17, 15) is 76.6 Å². The fourth-order valence-electron chi connectivity index (χ4n) is 16.3. The molecule has 22 nitrogen and oxygen atoms in total. The summed E-state index contributed by atoms with van der Waals surface area (Å²) in [5.41, 5.74) is -0.550. The van der Waals surface area contributed by atoms with Crippen molar-refractivity contribution in [3.05, 3.63) is 11.6 Å². The van der Waals surface area contributed by atoms with E-state index in [4.69, 9.17) is 33.2 Å². The van der Waals surface area contributed by atoms with Gasteiger partial charge in [0.15, 0.2) is 18.9 Å². The predicted molar refractivity (Wildman–Crippen MR) is 274 cm³/mol. The van der Waals surface area contributed by atoms with E-state index in [1.54, 1.807) is 13.8 Å². The van der Waals surface area contributed by atoms with Crippen LogP contribution >= 0.6 is 0 Å². The highest BCUT2D eigenvalue weighted by Crippen LogP contribution is 2.75. The monoisotopic (exact) mass is 1120 g/mol. The molecule has 22 heteroatoms. The fraction of sp³-hybridized carbons (Fsp3) is 0.964. The van der Waals surface area contributed by atoms with Crippen molar-refractivity contribution in [1.29, 1.82) is 0 Å². The fourth-order valence-corrected chi connectivity index (χ4v) is 16.3. The summed E-state index contributed by atoms with van der Waals surface area (Å²) in [5, 5.41) is 160. The average molecular weight is 1120 g/mol. The Hall–Kier alpha value is -1.14. The summed E-state index contributed by atoms with van der Waals surface area (Å²) in [6, 6.07) is 0. The highest BCUT2D eigenvalue weighted by molar-refractivity contribution is 5.30. The SMILES string of the molecule is C[C@H](CC[C@@H](O[C@@H]1O[C@H](CO[C@@H]2O[C@H](CO)[C@@H](O)[C@H](O)[C@H]2O)[C@@H](O)[C@H](O)[C@H]1O[C@@H]1O[C@H](CO)[C@@H](O)[C@H](O)[C@H]1O)C(C)(C)O)[C@H]1CC[C@@]2(C)C3CC=C4[C@H](CC[C@H](O[C@@H]5C[C@H](CCO)[C@@H](O)[C@H](O)[C@H]5O)C4(C)C)[C@]3(C)CC[C@]12C. The Bertz CT molecular complexity index is 2000. The Morgan fingerprint density at radius 2 is 1.22 bits per heavy atom. The van der Waals surface area contributed by atoms with Gasteiger partial charge in [0.05, 0.1) is 49.8 Å². The smallest absolute Gasteiger partial charge is 0.187 e. The largest absolute Gasteiger partial charge is 0.396 e. The number of hydrogen-bond acceptors (Lipinski definition) is 22. The van der Waals surface area contributed by atoms with E-state index < -0.39 is 148 Å². The summed E-state index contributed by atoms with van der Waals surface area (Å²) in [6.07, 6.45) is -20.3. The number of fused-ring (bicyclic) bond motifs is 5. The molecule has 8 aliphatic rings. The van der Waals surface area contributed by atoms with Gasteiger partial charge < -0.3 is 110 Å². The molecular formula is C56H96O22. The molecule has 1 unspecified atom stereocenters. The minimum Gasteiger partial charge on any atom is -0.396 e. The van der Waals surface area contributed by atoms with Gasteiger partial charge in [0.2, 0.25) is 0 Å². The molecule has 3 heterocycles. The van der Waals surface area contributed by atoms with Crippen LogP contribution in [0.3, 0.4) is 0 Å². The Labute approximate surface area is 458 Å². The summed E-state index contributed by atoms with van der Waals surface area (Å²) >= 11 is 0. The summed E-state index contributed by atoms with van der Waals surface area (Å²) in [7, 11) is 0. The van der Waals surface area contributed by atoms with E-state index in [0.717, 1.165) is 44.9 Å². The molecule has 8 rings (SSSR count). The van der Waals surface area contributed by atoms with E-state index >= 15 is 0 Å². The van der Waals surface area contributed by atoms with E-state index in [-0.39, 0.29) is 46.2 Å². The molecule has 15 N–H and O–H groups in total. The molecule has 452 valence electrons. The van der Waals surface area contributed by atoms with Crippen LogP contribution in [0.1, 0.15) is 126 Å². The molecule has 4 saturated carbocycles. The van der Waals surface area contributed by atoms with Crippen molar-refractivity contribution < 1.29 is 110 Å². The van der Waals surface area contributed by atoms with Crippen LogP contribution in [0.2, 0.25) is 0 Å². The third-order valence-corrected chi connectivity index (χ3v) is 21.5. The standard InChI is InChI=1S/C56H96O22/c1-25(27-15-17-56(8)34-12-10-28-29(54(34,6)18-19-55(27,56)7)11-14-35(52(28,2)3)73-30-21-26(16-20-57)37(60)42(65)38(30)61)9-13-36(53(4,5)71)77-51-48(78-50-47(70)44(67)40(63)32(23-59)75-50)45(68)41(64)33(76-51)24-72-49-46(69)43(66)39(62)31(22-58)74-49/h10,25-27,29-51,57-71H,9,11-24H2,1-8H3/t25-,26+,27-,29+,30-,31-,32-,33-,34?,35+,36-,37-,38+,39-,40-,41-,42+,43+,44+,45+,46-,47-,48-,49-,50+,51+,54+,55-,56+/m1/s1. The minimum absolute atomic E-state index is 0.00985. The van der Waals surface area contributed by atoms with Gasteiger partial charge in [0.25, 0.3) is 0 Å². The molecule has 3 aliphatic heterocycles. The first-order chi connectivity index (χ1) is 36.5. The van der Waals surface area contributed by atoms with Crippen molar-refractivity contribution in [2.24, 2.45) is 51.2 Å². The summed E-state index contributed by atoms with van der Waals surface area (Å²) in [5.74, 6) is 0.787. The van der Waals surface area contributed by atoms with Crippen LogP contribution in [-0.4, -0.2) is 237 Å². The first-order valence-corrected chi connectivity index (χ1v) is 28.8. The lowest BCUT2D eigenvalue weighted by Gasteiger charge is -2.66. The molecule has 7 fully saturated rings.